The number of hydrogen-bond donors (Lipinski definition) is 1. The summed E-state index contributed by atoms with van der Waals surface area (Å²) in [6.45, 7) is 0. The van der Waals surface area contributed by atoms with Crippen LogP contribution in [-0.4, -0.2) is 17.3 Å². The van der Waals surface area contributed by atoms with Crippen LogP contribution in [0.15, 0.2) is 29.2 Å². The largest absolute Gasteiger partial charge is 0.296 e. The zero-order valence-electron chi connectivity index (χ0n) is 10.7. The fourth-order valence-electron chi connectivity index (χ4n) is 2.36. The van der Waals surface area contributed by atoms with E-state index in [0.29, 0.717) is 17.7 Å². The summed E-state index contributed by atoms with van der Waals surface area (Å²) in [5.74, 6) is 0.960. The molecule has 0 aliphatic heterocycles. The van der Waals surface area contributed by atoms with Gasteiger partial charge in [0.1, 0.15) is 11.4 Å². The van der Waals surface area contributed by atoms with Crippen molar-refractivity contribution >= 4 is 11.8 Å². The van der Waals surface area contributed by atoms with Crippen molar-refractivity contribution in [1.82, 2.24) is 5.32 Å². The molecule has 2 fully saturated rings. The number of thioether (sulfide) groups is 1. The summed E-state index contributed by atoms with van der Waals surface area (Å²) in [5, 5.41) is 13.1. The summed E-state index contributed by atoms with van der Waals surface area (Å²) in [4.78, 5) is 0.901. The van der Waals surface area contributed by atoms with Crippen LogP contribution in [-0.2, 0) is 0 Å². The van der Waals surface area contributed by atoms with Crippen molar-refractivity contribution in [2.45, 2.75) is 42.2 Å². The molecule has 1 aromatic carbocycles. The van der Waals surface area contributed by atoms with E-state index in [4.69, 9.17) is 0 Å². The van der Waals surface area contributed by atoms with Gasteiger partial charge in [-0.15, -0.1) is 11.8 Å². The molecular formula is C15H17FN2S. The van der Waals surface area contributed by atoms with Gasteiger partial charge in [0.05, 0.1) is 6.07 Å². The zero-order chi connectivity index (χ0) is 13.3. The lowest BCUT2D eigenvalue weighted by atomic mass is 9.97. The Hall–Kier alpha value is -1.05. The third-order valence-corrected chi connectivity index (χ3v) is 4.96. The summed E-state index contributed by atoms with van der Waals surface area (Å²) in [7, 11) is 0. The molecule has 1 atom stereocenters. The average Bonchev–Trinajstić information content (AvgIpc) is 3.27. The molecular weight excluding hydrogens is 259 g/mol. The Morgan fingerprint density at radius 3 is 2.74 bits per heavy atom. The Bertz CT molecular complexity index is 505. The molecule has 1 unspecified atom stereocenters. The first-order valence-electron chi connectivity index (χ1n) is 6.79. The molecule has 0 bridgehead atoms. The van der Waals surface area contributed by atoms with Gasteiger partial charge in [0.25, 0.3) is 0 Å². The molecule has 2 saturated carbocycles. The lowest BCUT2D eigenvalue weighted by Gasteiger charge is -2.27. The minimum Gasteiger partial charge on any atom is -0.296 e. The minimum atomic E-state index is -0.419. The van der Waals surface area contributed by atoms with Gasteiger partial charge in [-0.05, 0) is 49.8 Å². The van der Waals surface area contributed by atoms with Gasteiger partial charge in [-0.2, -0.15) is 5.26 Å². The van der Waals surface area contributed by atoms with Crippen LogP contribution in [0.25, 0.3) is 0 Å². The molecule has 0 heterocycles. The second-order valence-electron chi connectivity index (χ2n) is 5.52. The smallest absolute Gasteiger partial charge is 0.124 e. The predicted molar refractivity (Wildman–Crippen MR) is 74.3 cm³/mol. The van der Waals surface area contributed by atoms with Crippen molar-refractivity contribution in [1.29, 1.82) is 5.26 Å². The van der Waals surface area contributed by atoms with Gasteiger partial charge in [-0.3, -0.25) is 5.32 Å². The normalized spacial score (nSPS) is 21.7. The molecule has 2 nitrogen and oxygen atoms in total. The Labute approximate surface area is 117 Å². The van der Waals surface area contributed by atoms with Crippen LogP contribution in [0.2, 0.25) is 0 Å². The number of nitriles is 1. The van der Waals surface area contributed by atoms with E-state index in [9.17, 15) is 9.65 Å². The molecule has 19 heavy (non-hydrogen) atoms. The van der Waals surface area contributed by atoms with E-state index in [1.54, 1.807) is 17.8 Å². The summed E-state index contributed by atoms with van der Waals surface area (Å²) < 4.78 is 13.2. The topological polar surface area (TPSA) is 35.8 Å². The van der Waals surface area contributed by atoms with Crippen LogP contribution in [0.4, 0.5) is 4.39 Å². The fourth-order valence-corrected chi connectivity index (χ4v) is 3.50. The molecule has 3 rings (SSSR count). The fraction of sp³-hybridized carbons (Fsp3) is 0.533. The molecule has 2 aliphatic rings. The first-order valence-corrected chi connectivity index (χ1v) is 7.78. The van der Waals surface area contributed by atoms with Crippen LogP contribution in [0.1, 0.15) is 25.7 Å². The molecule has 2 aliphatic carbocycles. The van der Waals surface area contributed by atoms with Crippen molar-refractivity contribution in [2.75, 3.05) is 5.75 Å². The van der Waals surface area contributed by atoms with Crippen molar-refractivity contribution in [3.63, 3.8) is 0 Å². The highest BCUT2D eigenvalue weighted by atomic mass is 32.2. The van der Waals surface area contributed by atoms with Crippen LogP contribution >= 0.6 is 11.8 Å². The Balaban J connectivity index is 1.68. The molecule has 4 heteroatoms. The monoisotopic (exact) mass is 276 g/mol. The number of nitrogens with one attached hydrogen (secondary N) is 1. The highest BCUT2D eigenvalue weighted by molar-refractivity contribution is 7.99. The second kappa shape index (κ2) is 5.15. The number of nitrogens with zero attached hydrogens (tertiary/aromatic N) is 1. The van der Waals surface area contributed by atoms with Gasteiger partial charge in [0, 0.05) is 16.7 Å². The number of rotatable bonds is 6. The van der Waals surface area contributed by atoms with E-state index < -0.39 is 5.54 Å². The van der Waals surface area contributed by atoms with Crippen molar-refractivity contribution in [3.8, 4) is 6.07 Å². The van der Waals surface area contributed by atoms with E-state index >= 15 is 0 Å². The highest BCUT2D eigenvalue weighted by Crippen LogP contribution is 2.43. The summed E-state index contributed by atoms with van der Waals surface area (Å²) >= 11 is 1.58. The van der Waals surface area contributed by atoms with Crippen LogP contribution in [0.5, 0.6) is 0 Å². The molecule has 0 aromatic heterocycles. The Morgan fingerprint density at radius 1 is 1.37 bits per heavy atom. The van der Waals surface area contributed by atoms with Crippen molar-refractivity contribution in [3.05, 3.63) is 30.1 Å². The molecule has 0 radical (unpaired) electrons. The standard InChI is InChI=1S/C15H17FN2S/c16-12-2-1-3-14(8-12)19-10-15(9-17,11-4-5-11)18-13-6-7-13/h1-3,8,11,13,18H,4-7,10H2. The van der Waals surface area contributed by atoms with Crippen LogP contribution in [0, 0.1) is 23.1 Å². The van der Waals surface area contributed by atoms with E-state index in [1.165, 1.54) is 25.0 Å². The maximum absolute atomic E-state index is 13.2. The maximum Gasteiger partial charge on any atom is 0.124 e. The SMILES string of the molecule is N#CC(CSc1cccc(F)c1)(NC1CC1)C1CC1. The summed E-state index contributed by atoms with van der Waals surface area (Å²) in [5.41, 5.74) is -0.419. The Morgan fingerprint density at radius 2 is 2.16 bits per heavy atom. The van der Waals surface area contributed by atoms with Crippen molar-refractivity contribution in [2.24, 2.45) is 5.92 Å². The van der Waals surface area contributed by atoms with Gasteiger partial charge in [0.15, 0.2) is 0 Å². The van der Waals surface area contributed by atoms with Crippen molar-refractivity contribution < 1.29 is 4.39 Å². The molecule has 1 aromatic rings. The van der Waals surface area contributed by atoms with Crippen LogP contribution in [0.3, 0.4) is 0 Å². The van der Waals surface area contributed by atoms with E-state index in [-0.39, 0.29) is 5.82 Å². The predicted octanol–water partition coefficient (Wildman–Crippen LogP) is 3.34. The van der Waals surface area contributed by atoms with E-state index in [0.717, 1.165) is 17.7 Å². The number of halogens is 1. The number of hydrogen-bond acceptors (Lipinski definition) is 3. The number of benzene rings is 1. The van der Waals surface area contributed by atoms with Gasteiger partial charge < -0.3 is 0 Å². The molecule has 0 spiro atoms. The van der Waals surface area contributed by atoms with Gasteiger partial charge >= 0.3 is 0 Å². The maximum atomic E-state index is 13.2. The lowest BCUT2D eigenvalue weighted by molar-refractivity contribution is 0.401. The first kappa shape index (κ1) is 13.0. The van der Waals surface area contributed by atoms with Gasteiger partial charge in [-0.1, -0.05) is 6.07 Å². The molecule has 0 amide bonds. The highest BCUT2D eigenvalue weighted by Gasteiger charge is 2.48. The van der Waals surface area contributed by atoms with Crippen LogP contribution < -0.4 is 5.32 Å². The lowest BCUT2D eigenvalue weighted by Crippen LogP contribution is -2.49. The van der Waals surface area contributed by atoms with Gasteiger partial charge in [-0.25, -0.2) is 4.39 Å². The third kappa shape index (κ3) is 3.10. The average molecular weight is 276 g/mol. The van der Waals surface area contributed by atoms with E-state index in [1.807, 2.05) is 6.07 Å². The molecule has 0 saturated heterocycles. The minimum absolute atomic E-state index is 0.214. The van der Waals surface area contributed by atoms with Gasteiger partial charge in [0.2, 0.25) is 0 Å². The molecule has 1 N–H and O–H groups in total. The Kier molecular flexibility index (Phi) is 3.51. The quantitative estimate of drug-likeness (QED) is 0.809. The summed E-state index contributed by atoms with van der Waals surface area (Å²) in [6, 6.07) is 9.64. The first-order chi connectivity index (χ1) is 9.22. The second-order valence-corrected chi connectivity index (χ2v) is 6.57. The third-order valence-electron chi connectivity index (χ3n) is 3.78. The molecule has 100 valence electrons. The zero-order valence-corrected chi connectivity index (χ0v) is 11.5. The van der Waals surface area contributed by atoms with E-state index in [2.05, 4.69) is 11.4 Å². The summed E-state index contributed by atoms with van der Waals surface area (Å²) in [6.07, 6.45) is 4.63.